The van der Waals surface area contributed by atoms with Crippen LogP contribution in [0.2, 0.25) is 0 Å². The largest absolute Gasteiger partial charge is 0.465 e. The molecule has 2 heterocycles. The normalized spacial score (nSPS) is 34.1. The van der Waals surface area contributed by atoms with Gasteiger partial charge in [0.2, 0.25) is 0 Å². The predicted molar refractivity (Wildman–Crippen MR) is 62.1 cm³/mol. The Hall–Kier alpha value is -0.220. The summed E-state index contributed by atoms with van der Waals surface area (Å²) in [7, 11) is 0. The van der Waals surface area contributed by atoms with E-state index >= 15 is 0 Å². The van der Waals surface area contributed by atoms with E-state index in [2.05, 4.69) is 5.32 Å². The van der Waals surface area contributed by atoms with Crippen LogP contribution >= 0.6 is 11.8 Å². The van der Waals surface area contributed by atoms with Crippen molar-refractivity contribution in [1.29, 1.82) is 0 Å². The molecule has 0 saturated carbocycles. The van der Waals surface area contributed by atoms with E-state index in [-0.39, 0.29) is 5.97 Å². The number of esters is 1. The van der Waals surface area contributed by atoms with Crippen LogP contribution in [0.25, 0.3) is 0 Å². The summed E-state index contributed by atoms with van der Waals surface area (Å²) in [5.74, 6) is 0.464. The third-order valence-electron chi connectivity index (χ3n) is 3.17. The molecule has 0 radical (unpaired) electrons. The monoisotopic (exact) mass is 229 g/mol. The van der Waals surface area contributed by atoms with Gasteiger partial charge in [0.05, 0.1) is 12.4 Å². The van der Waals surface area contributed by atoms with Crippen LogP contribution in [0.5, 0.6) is 0 Å². The third-order valence-corrected chi connectivity index (χ3v) is 4.43. The van der Waals surface area contributed by atoms with E-state index in [1.54, 1.807) is 11.8 Å². The number of nitrogens with one attached hydrogen (secondary N) is 1. The highest BCUT2D eigenvalue weighted by Crippen LogP contribution is 2.33. The molecule has 2 aliphatic rings. The molecule has 3 nitrogen and oxygen atoms in total. The van der Waals surface area contributed by atoms with Crippen molar-refractivity contribution in [2.45, 2.75) is 49.9 Å². The number of rotatable bonds is 4. The lowest BCUT2D eigenvalue weighted by atomic mass is 10.1. The lowest BCUT2D eigenvalue weighted by Crippen LogP contribution is -2.39. The second kappa shape index (κ2) is 5.21. The van der Waals surface area contributed by atoms with Crippen LogP contribution in [0.3, 0.4) is 0 Å². The predicted octanol–water partition coefficient (Wildman–Crippen LogP) is 1.57. The number of thioether (sulfide) groups is 1. The number of hydrogen-bond acceptors (Lipinski definition) is 4. The molecule has 2 aliphatic heterocycles. The van der Waals surface area contributed by atoms with E-state index in [1.807, 2.05) is 6.92 Å². The summed E-state index contributed by atoms with van der Waals surface area (Å²) in [6.45, 7) is 2.35. The maximum Gasteiger partial charge on any atom is 0.315 e. The summed E-state index contributed by atoms with van der Waals surface area (Å²) in [4.78, 5) is 11.2. The van der Waals surface area contributed by atoms with E-state index in [0.717, 1.165) is 0 Å². The lowest BCUT2D eigenvalue weighted by Gasteiger charge is -2.28. The summed E-state index contributed by atoms with van der Waals surface area (Å²) < 4.78 is 4.93. The molecule has 0 aromatic heterocycles. The smallest absolute Gasteiger partial charge is 0.315 e. The molecule has 0 spiro atoms. The Morgan fingerprint density at radius 2 is 2.07 bits per heavy atom. The molecule has 2 unspecified atom stereocenters. The zero-order chi connectivity index (χ0) is 10.7. The Morgan fingerprint density at radius 3 is 2.67 bits per heavy atom. The second-order valence-corrected chi connectivity index (χ2v) is 5.64. The van der Waals surface area contributed by atoms with Gasteiger partial charge in [-0.05, 0) is 32.6 Å². The van der Waals surface area contributed by atoms with Gasteiger partial charge in [0.25, 0.3) is 0 Å². The van der Waals surface area contributed by atoms with Crippen LogP contribution in [-0.4, -0.2) is 35.7 Å². The lowest BCUT2D eigenvalue weighted by molar-refractivity contribution is -0.139. The van der Waals surface area contributed by atoms with Gasteiger partial charge < -0.3 is 10.1 Å². The molecule has 15 heavy (non-hydrogen) atoms. The van der Waals surface area contributed by atoms with Gasteiger partial charge in [-0.15, -0.1) is 11.8 Å². The van der Waals surface area contributed by atoms with Gasteiger partial charge in [0, 0.05) is 17.3 Å². The van der Waals surface area contributed by atoms with E-state index in [9.17, 15) is 4.79 Å². The Kier molecular flexibility index (Phi) is 3.92. The van der Waals surface area contributed by atoms with Crippen molar-refractivity contribution >= 4 is 17.7 Å². The molecular weight excluding hydrogens is 210 g/mol. The topological polar surface area (TPSA) is 38.3 Å². The fraction of sp³-hybridized carbons (Fsp3) is 0.909. The molecular formula is C11H19NO2S. The minimum atomic E-state index is -0.0617. The first-order valence-corrected chi connectivity index (χ1v) is 6.86. The maximum atomic E-state index is 11.2. The molecule has 2 atom stereocenters. The van der Waals surface area contributed by atoms with Crippen LogP contribution in [0.15, 0.2) is 0 Å². The van der Waals surface area contributed by atoms with Crippen molar-refractivity contribution in [2.24, 2.45) is 0 Å². The average molecular weight is 229 g/mol. The van der Waals surface area contributed by atoms with Crippen molar-refractivity contribution in [3.8, 4) is 0 Å². The molecule has 2 saturated heterocycles. The van der Waals surface area contributed by atoms with Crippen molar-refractivity contribution < 1.29 is 9.53 Å². The minimum absolute atomic E-state index is 0.0617. The maximum absolute atomic E-state index is 11.2. The SMILES string of the molecule is CCOC(=O)CSC1CC2CCC(C1)N2. The van der Waals surface area contributed by atoms with Crippen molar-refractivity contribution in [3.63, 3.8) is 0 Å². The second-order valence-electron chi connectivity index (χ2n) is 4.35. The van der Waals surface area contributed by atoms with E-state index in [4.69, 9.17) is 4.74 Å². The zero-order valence-corrected chi connectivity index (χ0v) is 10.0. The highest BCUT2D eigenvalue weighted by atomic mass is 32.2. The highest BCUT2D eigenvalue weighted by Gasteiger charge is 2.33. The number of piperidine rings is 1. The summed E-state index contributed by atoms with van der Waals surface area (Å²) in [5.41, 5.74) is 0. The van der Waals surface area contributed by atoms with Crippen LogP contribution < -0.4 is 5.32 Å². The van der Waals surface area contributed by atoms with Gasteiger partial charge in [-0.2, -0.15) is 0 Å². The minimum Gasteiger partial charge on any atom is -0.465 e. The van der Waals surface area contributed by atoms with Gasteiger partial charge in [-0.3, -0.25) is 4.79 Å². The molecule has 2 fully saturated rings. The summed E-state index contributed by atoms with van der Waals surface area (Å²) in [5, 5.41) is 4.26. The van der Waals surface area contributed by atoms with E-state index < -0.39 is 0 Å². The van der Waals surface area contributed by atoms with Gasteiger partial charge in [0.1, 0.15) is 0 Å². The summed E-state index contributed by atoms with van der Waals surface area (Å²) in [6.07, 6.45) is 5.09. The molecule has 1 N–H and O–H groups in total. The van der Waals surface area contributed by atoms with Crippen molar-refractivity contribution in [3.05, 3.63) is 0 Å². The fourth-order valence-electron chi connectivity index (χ4n) is 2.53. The Morgan fingerprint density at radius 1 is 1.40 bits per heavy atom. The Labute approximate surface area is 95.3 Å². The van der Waals surface area contributed by atoms with E-state index in [1.165, 1.54) is 25.7 Å². The number of carbonyl (C=O) groups is 1. The van der Waals surface area contributed by atoms with Gasteiger partial charge in [-0.25, -0.2) is 0 Å². The quantitative estimate of drug-likeness (QED) is 0.743. The molecule has 0 amide bonds. The average Bonchev–Trinajstić information content (AvgIpc) is 2.56. The standard InChI is InChI=1S/C11H19NO2S/c1-2-14-11(13)7-15-10-5-8-3-4-9(6-10)12-8/h8-10,12H,2-7H2,1H3. The van der Waals surface area contributed by atoms with Crippen LogP contribution in [-0.2, 0) is 9.53 Å². The van der Waals surface area contributed by atoms with Crippen molar-refractivity contribution in [2.75, 3.05) is 12.4 Å². The third kappa shape index (κ3) is 3.11. The Bertz CT molecular complexity index is 223. The first-order valence-electron chi connectivity index (χ1n) is 5.81. The molecule has 0 aliphatic carbocycles. The number of fused-ring (bicyclic) bond motifs is 2. The van der Waals surface area contributed by atoms with Gasteiger partial charge >= 0.3 is 5.97 Å². The molecule has 0 aromatic carbocycles. The van der Waals surface area contributed by atoms with E-state index in [0.29, 0.717) is 29.7 Å². The van der Waals surface area contributed by atoms with Crippen LogP contribution in [0, 0.1) is 0 Å². The highest BCUT2D eigenvalue weighted by molar-refractivity contribution is 8.00. The Balaban J connectivity index is 1.69. The number of hydrogen-bond donors (Lipinski definition) is 1. The van der Waals surface area contributed by atoms with Crippen LogP contribution in [0.4, 0.5) is 0 Å². The van der Waals surface area contributed by atoms with Gasteiger partial charge in [-0.1, -0.05) is 0 Å². The molecule has 4 heteroatoms. The zero-order valence-electron chi connectivity index (χ0n) is 9.20. The summed E-state index contributed by atoms with van der Waals surface area (Å²) in [6, 6.07) is 1.42. The molecule has 0 aromatic rings. The molecule has 2 bridgehead atoms. The van der Waals surface area contributed by atoms with Crippen molar-refractivity contribution in [1.82, 2.24) is 5.32 Å². The number of ether oxygens (including phenoxy) is 1. The molecule has 2 rings (SSSR count). The number of carbonyl (C=O) groups excluding carboxylic acids is 1. The first kappa shape index (κ1) is 11.3. The summed E-state index contributed by atoms with van der Waals surface area (Å²) >= 11 is 1.78. The first-order chi connectivity index (χ1) is 7.28. The van der Waals surface area contributed by atoms with Crippen LogP contribution in [0.1, 0.15) is 32.6 Å². The van der Waals surface area contributed by atoms with Gasteiger partial charge in [0.15, 0.2) is 0 Å². The molecule has 86 valence electrons. The fourth-order valence-corrected chi connectivity index (χ4v) is 3.72.